The Morgan fingerprint density at radius 2 is 1.84 bits per heavy atom. The summed E-state index contributed by atoms with van der Waals surface area (Å²) in [7, 11) is -3.21. The third kappa shape index (κ3) is 6.91. The Morgan fingerprint density at radius 1 is 1.08 bits per heavy atom. The molecule has 0 radical (unpaired) electrons. The molecule has 4 rings (SSSR count). The molecule has 1 aliphatic carbocycles. The minimum Gasteiger partial charge on any atom is -0.327 e. The molecule has 1 aliphatic rings. The molecule has 1 aromatic carbocycles. The molecule has 0 fully saturated rings. The zero-order valence-electron chi connectivity index (χ0n) is 20.0. The van der Waals surface area contributed by atoms with E-state index in [1.165, 1.54) is 36.5 Å². The SMILES string of the molecule is CS(=O)(Cc1ccnc(Nc2cc(-c3ccc(F)c4c3CCC=C4)c(F)cn2)c1)=NC(=O)NCC(F)(F)F. The summed E-state index contributed by atoms with van der Waals surface area (Å²) in [6.07, 6.45) is 3.77. The number of urea groups is 1. The molecule has 13 heteroatoms. The van der Waals surface area contributed by atoms with Crippen LogP contribution in [-0.4, -0.2) is 39.2 Å². The van der Waals surface area contributed by atoms with Crippen LogP contribution < -0.4 is 10.6 Å². The molecule has 0 saturated carbocycles. The van der Waals surface area contributed by atoms with E-state index in [-0.39, 0.29) is 28.8 Å². The average Bonchev–Trinajstić information content (AvgIpc) is 2.84. The number of alkyl halides is 3. The van der Waals surface area contributed by atoms with E-state index in [4.69, 9.17) is 0 Å². The minimum absolute atomic E-state index is 0.227. The van der Waals surface area contributed by atoms with Crippen molar-refractivity contribution in [3.63, 3.8) is 0 Å². The Hall–Kier alpha value is -3.87. The van der Waals surface area contributed by atoms with Gasteiger partial charge in [-0.3, -0.25) is 0 Å². The number of anilines is 2. The monoisotopic (exact) mass is 551 g/mol. The van der Waals surface area contributed by atoms with E-state index in [2.05, 4.69) is 19.6 Å². The van der Waals surface area contributed by atoms with E-state index in [1.54, 1.807) is 11.4 Å². The highest BCUT2D eigenvalue weighted by Gasteiger charge is 2.28. The average molecular weight is 552 g/mol. The van der Waals surface area contributed by atoms with Crippen LogP contribution in [0.2, 0.25) is 0 Å². The lowest BCUT2D eigenvalue weighted by Gasteiger charge is -2.17. The summed E-state index contributed by atoms with van der Waals surface area (Å²) >= 11 is 0. The molecule has 2 heterocycles. The van der Waals surface area contributed by atoms with Gasteiger partial charge in [-0.25, -0.2) is 27.8 Å². The van der Waals surface area contributed by atoms with Crippen LogP contribution in [0.3, 0.4) is 0 Å². The van der Waals surface area contributed by atoms with E-state index in [0.29, 0.717) is 35.1 Å². The van der Waals surface area contributed by atoms with Gasteiger partial charge in [0.1, 0.15) is 29.8 Å². The van der Waals surface area contributed by atoms with Gasteiger partial charge in [0.2, 0.25) is 0 Å². The number of nitrogens with one attached hydrogen (secondary N) is 2. The standard InChI is InChI=1S/C25H22F5N5O2S/c1-38(37,35-24(36)33-14-25(28,29)30)13-15-8-9-31-22(10-15)34-23-11-19(21(27)12-32-23)17-6-7-20(26)18-5-3-2-4-16(17)18/h3,5-12H,2,4,13-14H2,1H3,(H,33,36)(H,31,32,34). The maximum Gasteiger partial charge on any atom is 0.405 e. The summed E-state index contributed by atoms with van der Waals surface area (Å²) in [5.41, 5.74) is 2.33. The summed E-state index contributed by atoms with van der Waals surface area (Å²) < 4.78 is 81.9. The fraction of sp³-hybridized carbons (Fsp3) is 0.240. The smallest absolute Gasteiger partial charge is 0.327 e. The summed E-state index contributed by atoms with van der Waals surface area (Å²) in [5, 5.41) is 4.49. The van der Waals surface area contributed by atoms with Crippen molar-refractivity contribution >= 4 is 33.5 Å². The number of fused-ring (bicyclic) bond motifs is 1. The van der Waals surface area contributed by atoms with Crippen LogP contribution in [0.4, 0.5) is 38.4 Å². The van der Waals surface area contributed by atoms with E-state index in [1.807, 2.05) is 6.08 Å². The molecule has 38 heavy (non-hydrogen) atoms. The second-order valence-corrected chi connectivity index (χ2v) is 11.0. The molecule has 3 aromatic rings. The van der Waals surface area contributed by atoms with Crippen LogP contribution in [0.25, 0.3) is 17.2 Å². The van der Waals surface area contributed by atoms with Crippen molar-refractivity contribution < 1.29 is 31.0 Å². The quantitative estimate of drug-likeness (QED) is 0.367. The highest BCUT2D eigenvalue weighted by Crippen LogP contribution is 2.34. The summed E-state index contributed by atoms with van der Waals surface area (Å²) in [5.74, 6) is -0.708. The number of rotatable bonds is 6. The van der Waals surface area contributed by atoms with Gasteiger partial charge in [-0.1, -0.05) is 18.2 Å². The normalized spacial score (nSPS) is 14.4. The maximum atomic E-state index is 14.8. The number of aromatic nitrogens is 2. The Bertz CT molecular complexity index is 1530. The number of carbonyl (C=O) groups excluding carboxylic acids is 1. The Labute approximate surface area is 215 Å². The van der Waals surface area contributed by atoms with Gasteiger partial charge >= 0.3 is 12.2 Å². The molecule has 1 unspecified atom stereocenters. The van der Waals surface area contributed by atoms with Crippen LogP contribution in [0.15, 0.2) is 53.2 Å². The fourth-order valence-corrected chi connectivity index (χ4v) is 5.25. The third-order valence-electron chi connectivity index (χ3n) is 5.53. The number of carbonyl (C=O) groups is 1. The van der Waals surface area contributed by atoms with E-state index < -0.39 is 34.3 Å². The van der Waals surface area contributed by atoms with Crippen molar-refractivity contribution in [1.29, 1.82) is 0 Å². The molecule has 0 spiro atoms. The van der Waals surface area contributed by atoms with Crippen molar-refractivity contribution in [2.75, 3.05) is 18.1 Å². The molecule has 2 amide bonds. The van der Waals surface area contributed by atoms with Crippen molar-refractivity contribution in [3.05, 3.63) is 77.1 Å². The first-order chi connectivity index (χ1) is 17.9. The fourth-order valence-electron chi connectivity index (χ4n) is 3.97. The largest absolute Gasteiger partial charge is 0.405 e. The number of pyridine rings is 2. The summed E-state index contributed by atoms with van der Waals surface area (Å²) in [6.45, 7) is -1.59. The molecule has 2 N–H and O–H groups in total. The lowest BCUT2D eigenvalue weighted by Crippen LogP contribution is -2.32. The third-order valence-corrected chi connectivity index (χ3v) is 6.95. The molecule has 0 aliphatic heterocycles. The highest BCUT2D eigenvalue weighted by atomic mass is 32.2. The zero-order valence-corrected chi connectivity index (χ0v) is 20.8. The van der Waals surface area contributed by atoms with Crippen molar-refractivity contribution in [2.24, 2.45) is 4.36 Å². The predicted molar refractivity (Wildman–Crippen MR) is 134 cm³/mol. The van der Waals surface area contributed by atoms with E-state index >= 15 is 0 Å². The second-order valence-electron chi connectivity index (χ2n) is 8.62. The van der Waals surface area contributed by atoms with Gasteiger partial charge < -0.3 is 10.6 Å². The van der Waals surface area contributed by atoms with Gasteiger partial charge in [0.25, 0.3) is 0 Å². The lowest BCUT2D eigenvalue weighted by molar-refractivity contribution is -0.122. The van der Waals surface area contributed by atoms with Crippen LogP contribution in [0, 0.1) is 11.6 Å². The molecule has 1 atom stereocenters. The maximum absolute atomic E-state index is 14.8. The van der Waals surface area contributed by atoms with Crippen LogP contribution in [-0.2, 0) is 21.9 Å². The number of amides is 2. The van der Waals surface area contributed by atoms with Crippen LogP contribution in [0.1, 0.15) is 23.1 Å². The summed E-state index contributed by atoms with van der Waals surface area (Å²) in [6, 6.07) is 5.97. The van der Waals surface area contributed by atoms with E-state index in [0.717, 1.165) is 12.5 Å². The van der Waals surface area contributed by atoms with E-state index in [9.17, 15) is 31.0 Å². The predicted octanol–water partition coefficient (Wildman–Crippen LogP) is 5.99. The van der Waals surface area contributed by atoms with Gasteiger partial charge in [-0.2, -0.15) is 13.2 Å². The molecule has 0 bridgehead atoms. The Morgan fingerprint density at radius 3 is 2.61 bits per heavy atom. The number of halogens is 5. The van der Waals surface area contributed by atoms with Crippen LogP contribution >= 0.6 is 0 Å². The second kappa shape index (κ2) is 10.9. The molecule has 200 valence electrons. The Kier molecular flexibility index (Phi) is 7.76. The number of hydrogen-bond acceptors (Lipinski definition) is 5. The van der Waals surface area contributed by atoms with Crippen molar-refractivity contribution in [3.8, 4) is 11.1 Å². The molecule has 2 aromatic heterocycles. The lowest BCUT2D eigenvalue weighted by atomic mass is 9.89. The molecule has 0 saturated heterocycles. The summed E-state index contributed by atoms with van der Waals surface area (Å²) in [4.78, 5) is 19.8. The zero-order chi connectivity index (χ0) is 27.5. The van der Waals surface area contributed by atoms with Crippen molar-refractivity contribution in [2.45, 2.75) is 24.8 Å². The number of hydrogen-bond donors (Lipinski definition) is 2. The Balaban J connectivity index is 1.54. The number of nitrogens with zero attached hydrogens (tertiary/aromatic N) is 3. The van der Waals surface area contributed by atoms with Gasteiger partial charge in [0, 0.05) is 23.6 Å². The molecule has 7 nitrogen and oxygen atoms in total. The number of benzene rings is 1. The first-order valence-corrected chi connectivity index (χ1v) is 13.4. The van der Waals surface area contributed by atoms with Gasteiger partial charge in [-0.15, -0.1) is 4.36 Å². The van der Waals surface area contributed by atoms with Gasteiger partial charge in [-0.05, 0) is 53.8 Å². The van der Waals surface area contributed by atoms with Gasteiger partial charge in [0.05, 0.1) is 21.7 Å². The molecular weight excluding hydrogens is 529 g/mol. The highest BCUT2D eigenvalue weighted by molar-refractivity contribution is 7.92. The van der Waals surface area contributed by atoms with Crippen molar-refractivity contribution in [1.82, 2.24) is 15.3 Å². The first kappa shape index (κ1) is 27.2. The minimum atomic E-state index is -4.62. The molecular formula is C25H22F5N5O2S. The number of allylic oxidation sites excluding steroid dienone is 1. The van der Waals surface area contributed by atoms with Gasteiger partial charge in [0.15, 0.2) is 0 Å². The van der Waals surface area contributed by atoms with Crippen LogP contribution in [0.5, 0.6) is 0 Å². The first-order valence-electron chi connectivity index (χ1n) is 11.3. The topological polar surface area (TPSA) is 96.3 Å².